The maximum Gasteiger partial charge on any atom is 0.347 e. The zero-order chi connectivity index (χ0) is 13.0. The Kier molecular flexibility index (Phi) is 4.19. The van der Waals surface area contributed by atoms with Crippen molar-refractivity contribution >= 4 is 28.6 Å². The summed E-state index contributed by atoms with van der Waals surface area (Å²) in [6, 6.07) is 14.3. The van der Waals surface area contributed by atoms with Gasteiger partial charge in [0, 0.05) is 0 Å². The minimum atomic E-state index is -0.420. The summed E-state index contributed by atoms with van der Waals surface area (Å²) < 4.78 is 11.4. The molecule has 0 amide bonds. The minimum absolute atomic E-state index is 0.416. The molecule has 0 radical (unpaired) electrons. The number of methoxy groups -OCH3 is 1. The summed E-state index contributed by atoms with van der Waals surface area (Å²) in [5.41, 5.74) is 0.416. The summed E-state index contributed by atoms with van der Waals surface area (Å²) in [5, 5.41) is 0. The van der Waals surface area contributed by atoms with E-state index in [-0.39, 0.29) is 0 Å². The van der Waals surface area contributed by atoms with Crippen LogP contribution >= 0.6 is 22.6 Å². The predicted molar refractivity (Wildman–Crippen MR) is 77.1 cm³/mol. The second kappa shape index (κ2) is 5.86. The molecule has 0 atom stereocenters. The minimum Gasteiger partial charge on any atom is -0.496 e. The first-order chi connectivity index (χ1) is 8.72. The molecule has 0 spiro atoms. The van der Waals surface area contributed by atoms with Gasteiger partial charge in [-0.3, -0.25) is 0 Å². The van der Waals surface area contributed by atoms with Crippen LogP contribution in [-0.4, -0.2) is 13.1 Å². The van der Waals surface area contributed by atoms with Crippen LogP contribution in [0.1, 0.15) is 10.4 Å². The van der Waals surface area contributed by atoms with Crippen molar-refractivity contribution < 1.29 is 14.3 Å². The van der Waals surface area contributed by atoms with Gasteiger partial charge in [-0.1, -0.05) is 24.3 Å². The number of hydrogen-bond donors (Lipinski definition) is 0. The molecule has 0 fully saturated rings. The molecule has 92 valence electrons. The maximum absolute atomic E-state index is 12.0. The van der Waals surface area contributed by atoms with Gasteiger partial charge in [0.15, 0.2) is 0 Å². The number of carbonyl (C=O) groups is 1. The molecule has 0 unspecified atom stereocenters. The number of esters is 1. The molecule has 3 nitrogen and oxygen atoms in total. The van der Waals surface area contributed by atoms with Crippen LogP contribution in [0.2, 0.25) is 0 Å². The van der Waals surface area contributed by atoms with Crippen LogP contribution < -0.4 is 9.47 Å². The van der Waals surface area contributed by atoms with Gasteiger partial charge < -0.3 is 9.47 Å². The average Bonchev–Trinajstić information content (AvgIpc) is 2.41. The summed E-state index contributed by atoms with van der Waals surface area (Å²) >= 11 is 2.12. The molecule has 18 heavy (non-hydrogen) atoms. The number of para-hydroxylation sites is 2. The first-order valence-corrected chi connectivity index (χ1v) is 6.40. The highest BCUT2D eigenvalue weighted by Crippen LogP contribution is 2.23. The van der Waals surface area contributed by atoms with Crippen molar-refractivity contribution in [2.24, 2.45) is 0 Å². The van der Waals surface area contributed by atoms with Crippen molar-refractivity contribution in [3.8, 4) is 11.5 Å². The van der Waals surface area contributed by atoms with Crippen LogP contribution in [0.25, 0.3) is 0 Å². The van der Waals surface area contributed by atoms with Crippen molar-refractivity contribution in [3.05, 3.63) is 57.7 Å². The Hall–Kier alpha value is -1.56. The third-order valence-corrected chi connectivity index (χ3v) is 3.26. The highest BCUT2D eigenvalue weighted by atomic mass is 127. The Bertz CT molecular complexity index is 566. The topological polar surface area (TPSA) is 35.5 Å². The van der Waals surface area contributed by atoms with Crippen molar-refractivity contribution in [1.82, 2.24) is 0 Å². The standard InChI is InChI=1S/C14H11IO3/c1-17-12-8-4-2-6-10(12)14(16)18-13-9-5-3-7-11(13)15/h2-9H,1H3. The number of ether oxygens (including phenoxy) is 2. The fraction of sp³-hybridized carbons (Fsp3) is 0.0714. The number of rotatable bonds is 3. The Morgan fingerprint density at radius 2 is 1.61 bits per heavy atom. The van der Waals surface area contributed by atoms with Gasteiger partial charge in [-0.05, 0) is 46.9 Å². The van der Waals surface area contributed by atoms with Gasteiger partial charge in [-0.15, -0.1) is 0 Å². The van der Waals surface area contributed by atoms with Crippen LogP contribution in [0.15, 0.2) is 48.5 Å². The Morgan fingerprint density at radius 1 is 1.00 bits per heavy atom. The third kappa shape index (κ3) is 2.81. The smallest absolute Gasteiger partial charge is 0.347 e. The first-order valence-electron chi connectivity index (χ1n) is 5.32. The van der Waals surface area contributed by atoms with Crippen molar-refractivity contribution in [1.29, 1.82) is 0 Å². The molecule has 0 heterocycles. The highest BCUT2D eigenvalue weighted by Gasteiger charge is 2.14. The van der Waals surface area contributed by atoms with Gasteiger partial charge in [-0.2, -0.15) is 0 Å². The molecule has 0 aliphatic rings. The van der Waals surface area contributed by atoms with E-state index in [9.17, 15) is 4.79 Å². The lowest BCUT2D eigenvalue weighted by atomic mass is 10.2. The number of hydrogen-bond acceptors (Lipinski definition) is 3. The van der Waals surface area contributed by atoms with Crippen LogP contribution in [0.4, 0.5) is 0 Å². The maximum atomic E-state index is 12.0. The molecule has 0 aromatic heterocycles. The van der Waals surface area contributed by atoms with E-state index < -0.39 is 5.97 Å². The van der Waals surface area contributed by atoms with Gasteiger partial charge in [0.1, 0.15) is 17.1 Å². The van der Waals surface area contributed by atoms with Crippen LogP contribution in [0.3, 0.4) is 0 Å². The van der Waals surface area contributed by atoms with Crippen molar-refractivity contribution in [2.75, 3.05) is 7.11 Å². The molecule has 2 rings (SSSR count). The lowest BCUT2D eigenvalue weighted by Crippen LogP contribution is -2.10. The van der Waals surface area contributed by atoms with Gasteiger partial charge >= 0.3 is 5.97 Å². The fourth-order valence-corrected chi connectivity index (χ4v) is 1.99. The van der Waals surface area contributed by atoms with Gasteiger partial charge in [-0.25, -0.2) is 4.79 Å². The summed E-state index contributed by atoms with van der Waals surface area (Å²) in [6.45, 7) is 0. The lowest BCUT2D eigenvalue weighted by Gasteiger charge is -2.09. The summed E-state index contributed by atoms with van der Waals surface area (Å²) in [5.74, 6) is 0.638. The normalized spacial score (nSPS) is 9.89. The molecule has 0 bridgehead atoms. The summed E-state index contributed by atoms with van der Waals surface area (Å²) in [6.07, 6.45) is 0. The molecule has 0 N–H and O–H groups in total. The van der Waals surface area contributed by atoms with Crippen LogP contribution in [-0.2, 0) is 0 Å². The fourth-order valence-electron chi connectivity index (χ4n) is 1.50. The number of carbonyl (C=O) groups excluding carboxylic acids is 1. The largest absolute Gasteiger partial charge is 0.496 e. The monoisotopic (exact) mass is 354 g/mol. The van der Waals surface area contributed by atoms with E-state index in [1.807, 2.05) is 24.3 Å². The Morgan fingerprint density at radius 3 is 2.28 bits per heavy atom. The Labute approximate surface area is 119 Å². The molecule has 2 aromatic rings. The average molecular weight is 354 g/mol. The van der Waals surface area contributed by atoms with E-state index in [2.05, 4.69) is 22.6 Å². The van der Waals surface area contributed by atoms with Crippen LogP contribution in [0.5, 0.6) is 11.5 Å². The van der Waals surface area contributed by atoms with E-state index in [4.69, 9.17) is 9.47 Å². The lowest BCUT2D eigenvalue weighted by molar-refractivity contribution is 0.0730. The van der Waals surface area contributed by atoms with Gasteiger partial charge in [0.05, 0.1) is 10.7 Å². The van der Waals surface area contributed by atoms with Gasteiger partial charge in [0.25, 0.3) is 0 Å². The summed E-state index contributed by atoms with van der Waals surface area (Å²) in [4.78, 5) is 12.0. The predicted octanol–water partition coefficient (Wildman–Crippen LogP) is 3.52. The molecule has 2 aromatic carbocycles. The van der Waals surface area contributed by atoms with E-state index in [0.29, 0.717) is 17.1 Å². The Balaban J connectivity index is 2.25. The molecule has 0 aliphatic heterocycles. The molecule has 0 aliphatic carbocycles. The molecular formula is C14H11IO3. The van der Waals surface area contributed by atoms with Crippen LogP contribution in [0, 0.1) is 3.57 Å². The first kappa shape index (κ1) is 12.9. The second-order valence-corrected chi connectivity index (χ2v) is 4.68. The molecule has 4 heteroatoms. The molecule has 0 saturated carbocycles. The molecule has 0 saturated heterocycles. The van der Waals surface area contributed by atoms with Crippen molar-refractivity contribution in [2.45, 2.75) is 0 Å². The number of halogens is 1. The van der Waals surface area contributed by atoms with Gasteiger partial charge in [0.2, 0.25) is 0 Å². The number of benzene rings is 2. The highest BCUT2D eigenvalue weighted by molar-refractivity contribution is 14.1. The van der Waals surface area contributed by atoms with Crippen molar-refractivity contribution in [3.63, 3.8) is 0 Å². The third-order valence-electron chi connectivity index (χ3n) is 2.37. The van der Waals surface area contributed by atoms with E-state index >= 15 is 0 Å². The second-order valence-electron chi connectivity index (χ2n) is 3.52. The zero-order valence-electron chi connectivity index (χ0n) is 9.72. The summed E-state index contributed by atoms with van der Waals surface area (Å²) in [7, 11) is 1.53. The molecular weight excluding hydrogens is 343 g/mol. The van der Waals surface area contributed by atoms with E-state index in [0.717, 1.165) is 3.57 Å². The van der Waals surface area contributed by atoms with E-state index in [1.165, 1.54) is 7.11 Å². The quantitative estimate of drug-likeness (QED) is 0.481. The zero-order valence-corrected chi connectivity index (χ0v) is 11.9. The SMILES string of the molecule is COc1ccccc1C(=O)Oc1ccccc1I. The van der Waals surface area contributed by atoms with E-state index in [1.54, 1.807) is 24.3 Å².